The van der Waals surface area contributed by atoms with Crippen LogP contribution in [0.5, 0.6) is 0 Å². The Morgan fingerprint density at radius 2 is 2.39 bits per heavy atom. The molecule has 1 aliphatic rings. The minimum absolute atomic E-state index is 0.165. The Kier molecular flexibility index (Phi) is 2.70. The van der Waals surface area contributed by atoms with E-state index in [4.69, 9.17) is 4.42 Å². The van der Waals surface area contributed by atoms with Crippen LogP contribution < -0.4 is 5.32 Å². The molecule has 1 N–H and O–H groups in total. The molecule has 3 heterocycles. The Balaban J connectivity index is 1.87. The van der Waals surface area contributed by atoms with Crippen molar-refractivity contribution in [3.8, 4) is 0 Å². The first-order chi connectivity index (χ1) is 8.67. The van der Waals surface area contributed by atoms with Gasteiger partial charge in [-0.3, -0.25) is 0 Å². The summed E-state index contributed by atoms with van der Waals surface area (Å²) in [6.45, 7) is 6.91. The van der Waals surface area contributed by atoms with Crippen LogP contribution in [0.4, 0.5) is 0 Å². The first kappa shape index (κ1) is 11.5. The number of nitrogens with zero attached hydrogens (tertiary/aromatic N) is 3. The molecule has 3 rings (SSSR count). The third kappa shape index (κ3) is 1.95. The Labute approximate surface area is 106 Å². The van der Waals surface area contributed by atoms with Crippen LogP contribution in [0.3, 0.4) is 0 Å². The molecule has 2 aromatic heterocycles. The molecular weight excluding hydrogens is 228 g/mol. The fourth-order valence-corrected chi connectivity index (χ4v) is 2.61. The van der Waals surface area contributed by atoms with Crippen LogP contribution >= 0.6 is 0 Å². The minimum Gasteiger partial charge on any atom is -0.444 e. The highest BCUT2D eigenvalue weighted by Gasteiger charge is 2.33. The van der Waals surface area contributed by atoms with Gasteiger partial charge in [0, 0.05) is 23.9 Å². The molecule has 0 radical (unpaired) electrons. The normalized spacial score (nSPS) is 23.7. The van der Waals surface area contributed by atoms with Crippen LogP contribution in [0.1, 0.15) is 30.7 Å². The lowest BCUT2D eigenvalue weighted by Gasteiger charge is -2.23. The van der Waals surface area contributed by atoms with E-state index in [1.807, 2.05) is 19.4 Å². The number of imidazole rings is 1. The van der Waals surface area contributed by atoms with E-state index >= 15 is 0 Å². The Morgan fingerprint density at radius 3 is 3.06 bits per heavy atom. The molecule has 18 heavy (non-hydrogen) atoms. The monoisotopic (exact) mass is 246 g/mol. The molecular formula is C13H18N4O. The predicted molar refractivity (Wildman–Crippen MR) is 67.4 cm³/mol. The molecule has 0 amide bonds. The summed E-state index contributed by atoms with van der Waals surface area (Å²) >= 11 is 0. The molecule has 0 saturated carbocycles. The first-order valence-corrected chi connectivity index (χ1v) is 6.30. The summed E-state index contributed by atoms with van der Waals surface area (Å²) in [6, 6.07) is 0. The van der Waals surface area contributed by atoms with Gasteiger partial charge in [0.25, 0.3) is 0 Å². The molecule has 0 spiro atoms. The van der Waals surface area contributed by atoms with Gasteiger partial charge in [0.05, 0.1) is 12.5 Å². The summed E-state index contributed by atoms with van der Waals surface area (Å²) in [4.78, 5) is 8.53. The van der Waals surface area contributed by atoms with Crippen LogP contribution in [0.2, 0.25) is 0 Å². The maximum atomic E-state index is 5.53. The molecule has 1 unspecified atom stereocenters. The van der Waals surface area contributed by atoms with E-state index < -0.39 is 0 Å². The van der Waals surface area contributed by atoms with Gasteiger partial charge in [-0.05, 0) is 19.9 Å². The van der Waals surface area contributed by atoms with Crippen LogP contribution in [0.25, 0.3) is 0 Å². The minimum atomic E-state index is 0.165. The van der Waals surface area contributed by atoms with E-state index in [1.54, 1.807) is 6.20 Å². The van der Waals surface area contributed by atoms with Gasteiger partial charge in [-0.25, -0.2) is 9.97 Å². The lowest BCUT2D eigenvalue weighted by Crippen LogP contribution is -2.28. The van der Waals surface area contributed by atoms with E-state index in [1.165, 1.54) is 5.69 Å². The van der Waals surface area contributed by atoms with Crippen LogP contribution in [0.15, 0.2) is 23.1 Å². The average Bonchev–Trinajstić information content (AvgIpc) is 3.02. The molecule has 0 aromatic carbocycles. The molecule has 96 valence electrons. The van der Waals surface area contributed by atoms with Crippen molar-refractivity contribution >= 4 is 0 Å². The Bertz CT molecular complexity index is 537. The standard InChI is InChI=1S/C13H18N4O/c1-10-5-16-12(18-10)7-17-9-15-6-11(17)13(2)3-4-14-8-13/h5-6,9,14H,3-4,7-8H2,1-2H3. The fourth-order valence-electron chi connectivity index (χ4n) is 2.61. The number of aromatic nitrogens is 3. The molecule has 1 saturated heterocycles. The highest BCUT2D eigenvalue weighted by atomic mass is 16.4. The van der Waals surface area contributed by atoms with Gasteiger partial charge in [-0.1, -0.05) is 6.92 Å². The molecule has 5 nitrogen and oxygen atoms in total. The van der Waals surface area contributed by atoms with Gasteiger partial charge in [0.2, 0.25) is 5.89 Å². The topological polar surface area (TPSA) is 55.9 Å². The zero-order valence-corrected chi connectivity index (χ0v) is 10.8. The summed E-state index contributed by atoms with van der Waals surface area (Å²) in [6.07, 6.45) is 6.72. The maximum absolute atomic E-state index is 5.53. The second-order valence-electron chi connectivity index (χ2n) is 5.26. The van der Waals surface area contributed by atoms with Crippen molar-refractivity contribution in [2.24, 2.45) is 0 Å². The van der Waals surface area contributed by atoms with Gasteiger partial charge >= 0.3 is 0 Å². The largest absolute Gasteiger partial charge is 0.444 e. The van der Waals surface area contributed by atoms with Crippen molar-refractivity contribution in [1.82, 2.24) is 19.9 Å². The van der Waals surface area contributed by atoms with Crippen molar-refractivity contribution in [3.05, 3.63) is 36.1 Å². The predicted octanol–water partition coefficient (Wildman–Crippen LogP) is 1.48. The van der Waals surface area contributed by atoms with Crippen molar-refractivity contribution in [1.29, 1.82) is 0 Å². The summed E-state index contributed by atoms with van der Waals surface area (Å²) in [5.74, 6) is 1.58. The maximum Gasteiger partial charge on any atom is 0.214 e. The number of nitrogens with one attached hydrogen (secondary N) is 1. The zero-order valence-electron chi connectivity index (χ0n) is 10.8. The molecule has 0 aliphatic carbocycles. The van der Waals surface area contributed by atoms with Crippen LogP contribution in [0, 0.1) is 6.92 Å². The Morgan fingerprint density at radius 1 is 1.50 bits per heavy atom. The molecule has 0 bridgehead atoms. The van der Waals surface area contributed by atoms with Crippen LogP contribution in [-0.2, 0) is 12.0 Å². The van der Waals surface area contributed by atoms with Gasteiger partial charge < -0.3 is 14.3 Å². The fraction of sp³-hybridized carbons (Fsp3) is 0.538. The summed E-state index contributed by atoms with van der Waals surface area (Å²) in [7, 11) is 0. The lowest BCUT2D eigenvalue weighted by molar-refractivity contribution is 0.432. The number of rotatable bonds is 3. The van der Waals surface area contributed by atoms with E-state index in [2.05, 4.69) is 26.8 Å². The van der Waals surface area contributed by atoms with Crippen LogP contribution in [-0.4, -0.2) is 27.6 Å². The molecule has 1 fully saturated rings. The number of oxazole rings is 1. The SMILES string of the molecule is Cc1cnc(Cn2cncc2C2(C)CCNC2)o1. The second-order valence-corrected chi connectivity index (χ2v) is 5.26. The van der Waals surface area contributed by atoms with E-state index in [-0.39, 0.29) is 5.41 Å². The third-order valence-electron chi connectivity index (χ3n) is 3.67. The summed E-state index contributed by atoms with van der Waals surface area (Å²) in [5.41, 5.74) is 1.42. The zero-order chi connectivity index (χ0) is 12.6. The van der Waals surface area contributed by atoms with Gasteiger partial charge in [0.1, 0.15) is 12.3 Å². The van der Waals surface area contributed by atoms with E-state index in [0.717, 1.165) is 31.2 Å². The van der Waals surface area contributed by atoms with Gasteiger partial charge in [-0.2, -0.15) is 0 Å². The third-order valence-corrected chi connectivity index (χ3v) is 3.67. The summed E-state index contributed by atoms with van der Waals surface area (Å²) in [5, 5.41) is 3.42. The van der Waals surface area contributed by atoms with Crippen molar-refractivity contribution in [3.63, 3.8) is 0 Å². The summed E-state index contributed by atoms with van der Waals surface area (Å²) < 4.78 is 7.67. The molecule has 2 aromatic rings. The number of aryl methyl sites for hydroxylation is 1. The van der Waals surface area contributed by atoms with Gasteiger partial charge in [0.15, 0.2) is 0 Å². The highest BCUT2D eigenvalue weighted by molar-refractivity contribution is 5.18. The lowest BCUT2D eigenvalue weighted by atomic mass is 9.86. The average molecular weight is 246 g/mol. The molecule has 1 aliphatic heterocycles. The van der Waals surface area contributed by atoms with Crippen molar-refractivity contribution < 1.29 is 4.42 Å². The first-order valence-electron chi connectivity index (χ1n) is 6.30. The van der Waals surface area contributed by atoms with Crippen molar-refractivity contribution in [2.45, 2.75) is 32.2 Å². The van der Waals surface area contributed by atoms with Crippen molar-refractivity contribution in [2.75, 3.05) is 13.1 Å². The van der Waals surface area contributed by atoms with E-state index in [9.17, 15) is 0 Å². The Hall–Kier alpha value is -1.62. The highest BCUT2D eigenvalue weighted by Crippen LogP contribution is 2.30. The quantitative estimate of drug-likeness (QED) is 0.891. The number of hydrogen-bond acceptors (Lipinski definition) is 4. The number of hydrogen-bond donors (Lipinski definition) is 1. The molecule has 5 heteroatoms. The molecule has 1 atom stereocenters. The second kappa shape index (κ2) is 4.24. The van der Waals surface area contributed by atoms with E-state index in [0.29, 0.717) is 6.54 Å². The van der Waals surface area contributed by atoms with Gasteiger partial charge in [-0.15, -0.1) is 0 Å². The smallest absolute Gasteiger partial charge is 0.214 e.